The van der Waals surface area contributed by atoms with Gasteiger partial charge in [0.2, 0.25) is 11.8 Å². The Morgan fingerprint density at radius 3 is 2.42 bits per heavy atom. The predicted octanol–water partition coefficient (Wildman–Crippen LogP) is 2.35. The highest BCUT2D eigenvalue weighted by Crippen LogP contribution is 2.24. The molecule has 2 N–H and O–H groups in total. The van der Waals surface area contributed by atoms with Crippen LogP contribution in [0.1, 0.15) is 45.2 Å². The van der Waals surface area contributed by atoms with Crippen molar-refractivity contribution in [3.63, 3.8) is 0 Å². The molecule has 24 heavy (non-hydrogen) atoms. The highest BCUT2D eigenvalue weighted by molar-refractivity contribution is 5.92. The maximum atomic E-state index is 12.3. The van der Waals surface area contributed by atoms with Crippen LogP contribution >= 0.6 is 0 Å². The molecule has 0 radical (unpaired) electrons. The van der Waals surface area contributed by atoms with Gasteiger partial charge >= 0.3 is 0 Å². The number of benzene rings is 1. The first kappa shape index (κ1) is 18.5. The predicted molar refractivity (Wildman–Crippen MR) is 97.1 cm³/mol. The summed E-state index contributed by atoms with van der Waals surface area (Å²) < 4.78 is 0. The Kier molecular flexibility index (Phi) is 5.99. The number of fused-ring (bicyclic) bond motifs is 1. The maximum Gasteiger partial charge on any atom is 0.238 e. The molecule has 0 aliphatic heterocycles. The van der Waals surface area contributed by atoms with Crippen molar-refractivity contribution in [1.82, 2.24) is 10.2 Å². The summed E-state index contributed by atoms with van der Waals surface area (Å²) in [6.45, 7) is 8.88. The highest BCUT2D eigenvalue weighted by Gasteiger charge is 2.18. The highest BCUT2D eigenvalue weighted by atomic mass is 16.2. The van der Waals surface area contributed by atoms with Gasteiger partial charge in [0.15, 0.2) is 0 Å². The van der Waals surface area contributed by atoms with E-state index in [0.717, 1.165) is 18.5 Å². The van der Waals surface area contributed by atoms with Crippen LogP contribution in [-0.4, -0.2) is 41.9 Å². The van der Waals surface area contributed by atoms with E-state index in [-0.39, 0.29) is 30.4 Å². The van der Waals surface area contributed by atoms with Crippen molar-refractivity contribution >= 4 is 17.5 Å². The van der Waals surface area contributed by atoms with Crippen molar-refractivity contribution in [2.45, 2.75) is 52.5 Å². The Bertz CT molecular complexity index is 605. The molecule has 2 rings (SSSR count). The third-order valence-corrected chi connectivity index (χ3v) is 4.08. The molecule has 1 aliphatic rings. The van der Waals surface area contributed by atoms with Crippen LogP contribution in [0.3, 0.4) is 0 Å². The van der Waals surface area contributed by atoms with Gasteiger partial charge in [0.25, 0.3) is 0 Å². The third kappa shape index (κ3) is 5.64. The molecular formula is C19H29N3O2. The molecule has 5 nitrogen and oxygen atoms in total. The Balaban J connectivity index is 1.86. The molecule has 1 aromatic rings. The van der Waals surface area contributed by atoms with Crippen LogP contribution in [0.25, 0.3) is 0 Å². The number of carbonyl (C=O) groups is 2. The molecule has 0 aromatic heterocycles. The first-order chi connectivity index (χ1) is 11.3. The molecule has 2 amide bonds. The molecule has 0 bridgehead atoms. The van der Waals surface area contributed by atoms with Crippen LogP contribution < -0.4 is 10.6 Å². The number of hydrogen-bond acceptors (Lipinski definition) is 3. The quantitative estimate of drug-likeness (QED) is 0.841. The second-order valence-electron chi connectivity index (χ2n) is 7.49. The van der Waals surface area contributed by atoms with E-state index in [1.807, 2.05) is 38.7 Å². The molecule has 0 fully saturated rings. The van der Waals surface area contributed by atoms with Crippen molar-refractivity contribution < 1.29 is 9.59 Å². The summed E-state index contributed by atoms with van der Waals surface area (Å²) in [5.74, 6) is -0.145. The fraction of sp³-hybridized carbons (Fsp3) is 0.579. The lowest BCUT2D eigenvalue weighted by atomic mass is 10.1. The van der Waals surface area contributed by atoms with Gasteiger partial charge in [-0.05, 0) is 69.8 Å². The molecule has 0 saturated carbocycles. The van der Waals surface area contributed by atoms with Crippen LogP contribution in [0.4, 0.5) is 5.69 Å². The van der Waals surface area contributed by atoms with Gasteiger partial charge in [-0.1, -0.05) is 13.0 Å². The monoisotopic (exact) mass is 331 g/mol. The molecule has 0 spiro atoms. The molecular weight excluding hydrogens is 302 g/mol. The van der Waals surface area contributed by atoms with Gasteiger partial charge in [-0.25, -0.2) is 0 Å². The molecule has 5 heteroatoms. The SMILES string of the molecule is CCN(CC(=O)Nc1ccc2c(c1)CCC2)CC(=O)NC(C)(C)C. The third-order valence-electron chi connectivity index (χ3n) is 4.08. The minimum atomic E-state index is -0.261. The molecule has 1 aromatic carbocycles. The average molecular weight is 331 g/mol. The second-order valence-corrected chi connectivity index (χ2v) is 7.49. The van der Waals surface area contributed by atoms with E-state index in [1.165, 1.54) is 17.5 Å². The average Bonchev–Trinajstić information content (AvgIpc) is 2.91. The van der Waals surface area contributed by atoms with Gasteiger partial charge in [-0.15, -0.1) is 0 Å². The number of likely N-dealkylation sites (N-methyl/N-ethyl adjacent to an activating group) is 1. The van der Waals surface area contributed by atoms with Gasteiger partial charge in [0.1, 0.15) is 0 Å². The number of amides is 2. The van der Waals surface area contributed by atoms with E-state index in [2.05, 4.69) is 22.8 Å². The summed E-state index contributed by atoms with van der Waals surface area (Å²) in [6, 6.07) is 6.14. The molecule has 0 saturated heterocycles. The first-order valence-electron chi connectivity index (χ1n) is 8.72. The van der Waals surface area contributed by atoms with Gasteiger partial charge < -0.3 is 10.6 Å². The summed E-state index contributed by atoms with van der Waals surface area (Å²) in [4.78, 5) is 26.1. The van der Waals surface area contributed by atoms with Crippen LogP contribution in [0, 0.1) is 0 Å². The van der Waals surface area contributed by atoms with Crippen molar-refractivity contribution in [2.24, 2.45) is 0 Å². The van der Waals surface area contributed by atoms with Gasteiger partial charge in [-0.2, -0.15) is 0 Å². The summed E-state index contributed by atoms with van der Waals surface area (Å²) in [7, 11) is 0. The fourth-order valence-electron chi connectivity index (χ4n) is 2.99. The van der Waals surface area contributed by atoms with Crippen molar-refractivity contribution in [3.05, 3.63) is 29.3 Å². The van der Waals surface area contributed by atoms with Gasteiger partial charge in [0, 0.05) is 11.2 Å². The fourth-order valence-corrected chi connectivity index (χ4v) is 2.99. The van der Waals surface area contributed by atoms with E-state index in [9.17, 15) is 9.59 Å². The Labute approximate surface area is 144 Å². The van der Waals surface area contributed by atoms with Crippen molar-refractivity contribution in [1.29, 1.82) is 0 Å². The standard InChI is InChI=1S/C19H29N3O2/c1-5-22(13-18(24)21-19(2,3)4)12-17(23)20-16-10-9-14-7-6-8-15(14)11-16/h9-11H,5-8,12-13H2,1-4H3,(H,20,23)(H,21,24). The Hall–Kier alpha value is -1.88. The van der Waals surface area contributed by atoms with E-state index >= 15 is 0 Å². The lowest BCUT2D eigenvalue weighted by Gasteiger charge is -2.24. The first-order valence-corrected chi connectivity index (χ1v) is 8.72. The summed E-state index contributed by atoms with van der Waals surface area (Å²) >= 11 is 0. The van der Waals surface area contributed by atoms with Crippen LogP contribution in [0.5, 0.6) is 0 Å². The summed E-state index contributed by atoms with van der Waals surface area (Å²) in [6.07, 6.45) is 3.42. The zero-order valence-electron chi connectivity index (χ0n) is 15.2. The molecule has 0 unspecified atom stereocenters. The van der Waals surface area contributed by atoms with Gasteiger partial charge in [0.05, 0.1) is 13.1 Å². The maximum absolute atomic E-state index is 12.3. The zero-order valence-corrected chi connectivity index (χ0v) is 15.2. The normalized spacial score (nSPS) is 13.7. The molecule has 0 atom stereocenters. The van der Waals surface area contributed by atoms with Gasteiger partial charge in [-0.3, -0.25) is 14.5 Å². The van der Waals surface area contributed by atoms with Crippen molar-refractivity contribution in [3.8, 4) is 0 Å². The molecule has 132 valence electrons. The molecule has 1 aliphatic carbocycles. The number of rotatable bonds is 6. The van der Waals surface area contributed by atoms with E-state index in [4.69, 9.17) is 0 Å². The van der Waals surface area contributed by atoms with Crippen molar-refractivity contribution in [2.75, 3.05) is 25.0 Å². The summed E-state index contributed by atoms with van der Waals surface area (Å²) in [5, 5.41) is 5.87. The zero-order chi connectivity index (χ0) is 17.7. The Morgan fingerprint density at radius 1 is 1.08 bits per heavy atom. The summed E-state index contributed by atoms with van der Waals surface area (Å²) in [5.41, 5.74) is 3.31. The lowest BCUT2D eigenvalue weighted by Crippen LogP contribution is -2.47. The molecule has 0 heterocycles. The van der Waals surface area contributed by atoms with E-state index in [1.54, 1.807) is 0 Å². The van der Waals surface area contributed by atoms with E-state index in [0.29, 0.717) is 6.54 Å². The number of hydrogen-bond donors (Lipinski definition) is 2. The largest absolute Gasteiger partial charge is 0.350 e. The topological polar surface area (TPSA) is 61.4 Å². The Morgan fingerprint density at radius 2 is 1.75 bits per heavy atom. The number of nitrogens with one attached hydrogen (secondary N) is 2. The van der Waals surface area contributed by atoms with Crippen LogP contribution in [-0.2, 0) is 22.4 Å². The smallest absolute Gasteiger partial charge is 0.238 e. The number of nitrogens with zero attached hydrogens (tertiary/aromatic N) is 1. The second kappa shape index (κ2) is 7.79. The lowest BCUT2D eigenvalue weighted by molar-refractivity contribution is -0.124. The van der Waals surface area contributed by atoms with E-state index < -0.39 is 0 Å². The number of carbonyl (C=O) groups excluding carboxylic acids is 2. The number of aryl methyl sites for hydroxylation is 2. The minimum Gasteiger partial charge on any atom is -0.350 e. The number of anilines is 1. The van der Waals surface area contributed by atoms with Crippen LogP contribution in [0.2, 0.25) is 0 Å². The minimum absolute atomic E-state index is 0.0605. The van der Waals surface area contributed by atoms with Crippen LogP contribution in [0.15, 0.2) is 18.2 Å².